The Labute approximate surface area is 341 Å². The molecule has 308 valence electrons. The number of fused-ring (bicyclic) bond motifs is 3. The number of hydrogen-bond donors (Lipinski definition) is 1. The fraction of sp³-hybridized carbons (Fsp3) is 0.500. The number of sulfonamides is 1. The number of benzene rings is 2. The molecule has 0 unspecified atom stereocenters. The van der Waals surface area contributed by atoms with E-state index in [1.165, 1.54) is 4.90 Å². The third-order valence-corrected chi connectivity index (χ3v) is 14.1. The van der Waals surface area contributed by atoms with Crippen LogP contribution in [0, 0.1) is 35.0 Å². The highest BCUT2D eigenvalue weighted by Gasteiger charge is 2.61. The Bertz CT molecular complexity index is 2290. The molecule has 5 atom stereocenters. The van der Waals surface area contributed by atoms with Gasteiger partial charge in [-0.1, -0.05) is 83.2 Å². The van der Waals surface area contributed by atoms with Gasteiger partial charge in [-0.25, -0.2) is 13.4 Å². The Balaban J connectivity index is 1.29. The van der Waals surface area contributed by atoms with Crippen molar-refractivity contribution in [1.29, 1.82) is 0 Å². The number of nitrogens with zero attached hydrogens (tertiary/aromatic N) is 2. The van der Waals surface area contributed by atoms with Gasteiger partial charge in [0.1, 0.15) is 11.9 Å². The standard InChI is InChI=1S/C46H55N3O8S/c1-8-31-24-46(31,43(53)48-58(54,55)33-16-17-33)25-39(50)38-21-32-26-49(38)42(52)35(44(3,4)5)22-41(51)56-27-45(6,7)18-12-15-30-20-34-37(19-28(30)2)47-36(23-40(34)57-32)29-13-10-9-11-14-29/h8-15,19-20,23,31-33,35,38H,1,16-18,21-22,24-27H2,2-7H3,(H,48,53)/b15-12+/t31-,32-,35-,38+,46-/m1/s1. The summed E-state index contributed by atoms with van der Waals surface area (Å²) in [6, 6.07) is 14.8. The van der Waals surface area contributed by atoms with Gasteiger partial charge in [0.05, 0.1) is 53.4 Å². The molecule has 11 nitrogen and oxygen atoms in total. The van der Waals surface area contributed by atoms with Crippen LogP contribution < -0.4 is 9.46 Å². The zero-order valence-corrected chi connectivity index (χ0v) is 35.2. The fourth-order valence-corrected chi connectivity index (χ4v) is 9.73. The first-order valence-corrected chi connectivity index (χ1v) is 21.9. The van der Waals surface area contributed by atoms with Crippen LogP contribution in [0.3, 0.4) is 0 Å². The van der Waals surface area contributed by atoms with Gasteiger partial charge in [0.15, 0.2) is 5.78 Å². The topological polar surface area (TPSA) is 149 Å². The number of hydrogen-bond acceptors (Lipinski definition) is 9. The molecule has 2 aliphatic carbocycles. The zero-order chi connectivity index (χ0) is 41.8. The van der Waals surface area contributed by atoms with Gasteiger partial charge in [0.25, 0.3) is 0 Å². The molecule has 3 heterocycles. The first kappa shape index (κ1) is 41.3. The third-order valence-electron chi connectivity index (χ3n) is 12.3. The SMILES string of the molecule is C=C[C@@H]1C[C@]1(CC(=O)[C@@H]1C[C@@H]2CN1C(=O)[C@H](C(C)(C)C)CC(=O)OCC(C)(C)C/C=C/c1cc3c(cc(-c4ccccc4)nc3cc1C)O2)C(=O)NS(=O)(=O)C1CC1. The molecule has 58 heavy (non-hydrogen) atoms. The van der Waals surface area contributed by atoms with Crippen molar-refractivity contribution in [2.24, 2.45) is 28.1 Å². The lowest BCUT2D eigenvalue weighted by Gasteiger charge is -2.35. The summed E-state index contributed by atoms with van der Waals surface area (Å²) < 4.78 is 40.6. The second kappa shape index (κ2) is 15.4. The maximum atomic E-state index is 14.9. The molecule has 0 radical (unpaired) electrons. The summed E-state index contributed by atoms with van der Waals surface area (Å²) in [5.74, 6) is -2.67. The number of nitrogens with one attached hydrogen (secondary N) is 1. The molecule has 2 saturated carbocycles. The molecule has 4 bridgehead atoms. The molecule has 4 aliphatic rings. The van der Waals surface area contributed by atoms with Crippen LogP contribution in [0.15, 0.2) is 67.3 Å². The lowest BCUT2D eigenvalue weighted by Crippen LogP contribution is -2.48. The van der Waals surface area contributed by atoms with Gasteiger partial charge in [-0.05, 0) is 67.2 Å². The van der Waals surface area contributed by atoms with E-state index in [1.54, 1.807) is 6.08 Å². The Morgan fingerprint density at radius 1 is 1.09 bits per heavy atom. The summed E-state index contributed by atoms with van der Waals surface area (Å²) in [7, 11) is -3.87. The molecule has 12 heteroatoms. The third kappa shape index (κ3) is 8.63. The maximum absolute atomic E-state index is 14.9. The number of carbonyl (C=O) groups is 4. The van der Waals surface area contributed by atoms with Crippen molar-refractivity contribution in [2.45, 2.75) is 104 Å². The highest BCUT2D eigenvalue weighted by atomic mass is 32.2. The van der Waals surface area contributed by atoms with Crippen molar-refractivity contribution in [3.63, 3.8) is 0 Å². The van der Waals surface area contributed by atoms with Crippen molar-refractivity contribution in [2.75, 3.05) is 13.2 Å². The minimum absolute atomic E-state index is 0.0488. The number of amides is 2. The number of cyclic esters (lactones) is 1. The van der Waals surface area contributed by atoms with Crippen LogP contribution in [0.25, 0.3) is 28.2 Å². The van der Waals surface area contributed by atoms with Crippen molar-refractivity contribution < 1.29 is 37.1 Å². The van der Waals surface area contributed by atoms with Crippen molar-refractivity contribution in [3.8, 4) is 17.0 Å². The monoisotopic (exact) mass is 809 g/mol. The number of carbonyl (C=O) groups excluding carboxylic acids is 4. The molecule has 3 aromatic rings. The molecular formula is C46H55N3O8S. The number of ketones is 1. The predicted molar refractivity (Wildman–Crippen MR) is 223 cm³/mol. The maximum Gasteiger partial charge on any atom is 0.306 e. The number of Topliss-reactive ketones (excluding diaryl/α,β-unsaturated/α-hetero) is 1. The minimum Gasteiger partial charge on any atom is -0.488 e. The average Bonchev–Trinajstić information content (AvgIpc) is 4.09. The van der Waals surface area contributed by atoms with Gasteiger partial charge in [-0.2, -0.15) is 0 Å². The van der Waals surface area contributed by atoms with E-state index in [2.05, 4.69) is 23.5 Å². The van der Waals surface area contributed by atoms with Crippen molar-refractivity contribution in [3.05, 3.63) is 78.4 Å². The normalized spacial score (nSPS) is 26.9. The van der Waals surface area contributed by atoms with Gasteiger partial charge < -0.3 is 14.4 Å². The van der Waals surface area contributed by atoms with Crippen molar-refractivity contribution in [1.82, 2.24) is 14.6 Å². The van der Waals surface area contributed by atoms with E-state index < -0.39 is 67.4 Å². The van der Waals surface area contributed by atoms with Crippen LogP contribution >= 0.6 is 0 Å². The number of allylic oxidation sites excluding steroid dienone is 2. The lowest BCUT2D eigenvalue weighted by molar-refractivity contribution is -0.155. The largest absolute Gasteiger partial charge is 0.488 e. The van der Waals surface area contributed by atoms with Gasteiger partial charge >= 0.3 is 5.97 Å². The van der Waals surface area contributed by atoms with E-state index in [9.17, 15) is 27.6 Å². The average molecular weight is 810 g/mol. The summed E-state index contributed by atoms with van der Waals surface area (Å²) in [4.78, 5) is 63.3. The first-order valence-electron chi connectivity index (χ1n) is 20.3. The molecule has 2 aliphatic heterocycles. The van der Waals surface area contributed by atoms with Gasteiger partial charge in [-0.3, -0.25) is 23.9 Å². The van der Waals surface area contributed by atoms with Gasteiger partial charge in [-0.15, -0.1) is 6.58 Å². The molecule has 2 amide bonds. The summed E-state index contributed by atoms with van der Waals surface area (Å²) in [5, 5.41) is 0.165. The van der Waals surface area contributed by atoms with Crippen LogP contribution in [0.5, 0.6) is 5.75 Å². The van der Waals surface area contributed by atoms with Crippen LogP contribution in [0.4, 0.5) is 0 Å². The molecule has 0 spiro atoms. The molecule has 2 aromatic carbocycles. The summed E-state index contributed by atoms with van der Waals surface area (Å²) >= 11 is 0. The molecule has 7 rings (SSSR count). The van der Waals surface area contributed by atoms with Gasteiger partial charge in [0.2, 0.25) is 21.8 Å². The fourth-order valence-electron chi connectivity index (χ4n) is 8.35. The summed E-state index contributed by atoms with van der Waals surface area (Å²) in [6.45, 7) is 15.8. The summed E-state index contributed by atoms with van der Waals surface area (Å²) in [6.07, 6.45) is 6.61. The first-order chi connectivity index (χ1) is 27.3. The number of pyridine rings is 1. The Kier molecular flexibility index (Phi) is 11.0. The highest BCUT2D eigenvalue weighted by molar-refractivity contribution is 7.90. The second-order valence-corrected chi connectivity index (χ2v) is 20.6. The number of ether oxygens (including phenoxy) is 2. The lowest BCUT2D eigenvalue weighted by atomic mass is 9.77. The Hall–Kier alpha value is -4.84. The van der Waals surface area contributed by atoms with Crippen LogP contribution in [0.1, 0.15) is 90.7 Å². The zero-order valence-electron chi connectivity index (χ0n) is 34.4. The highest BCUT2D eigenvalue weighted by Crippen LogP contribution is 2.57. The van der Waals surface area contributed by atoms with Crippen molar-refractivity contribution >= 4 is 50.6 Å². The number of aromatic nitrogens is 1. The smallest absolute Gasteiger partial charge is 0.306 e. The molecular weight excluding hydrogens is 755 g/mol. The van der Waals surface area contributed by atoms with E-state index >= 15 is 0 Å². The second-order valence-electron chi connectivity index (χ2n) is 18.7. The number of esters is 1. The quantitative estimate of drug-likeness (QED) is 0.182. The minimum atomic E-state index is -3.87. The van der Waals surface area contributed by atoms with Crippen LogP contribution in [0.2, 0.25) is 0 Å². The van der Waals surface area contributed by atoms with Crippen LogP contribution in [-0.4, -0.2) is 72.4 Å². The molecule has 1 aromatic heterocycles. The van der Waals surface area contributed by atoms with E-state index in [1.807, 2.05) is 90.1 Å². The van der Waals surface area contributed by atoms with E-state index in [0.717, 1.165) is 27.6 Å². The van der Waals surface area contributed by atoms with E-state index in [0.29, 0.717) is 30.7 Å². The molecule has 1 N–H and O–H groups in total. The molecule has 3 fully saturated rings. The van der Waals surface area contributed by atoms with Crippen LogP contribution in [-0.2, 0) is 33.9 Å². The van der Waals surface area contributed by atoms with E-state index in [-0.39, 0.29) is 50.5 Å². The number of rotatable bonds is 8. The predicted octanol–water partition coefficient (Wildman–Crippen LogP) is 7.36. The summed E-state index contributed by atoms with van der Waals surface area (Å²) in [5.41, 5.74) is 1.95. The molecule has 1 saturated heterocycles. The Morgan fingerprint density at radius 3 is 2.47 bits per heavy atom. The van der Waals surface area contributed by atoms with Gasteiger partial charge in [0, 0.05) is 35.3 Å². The Morgan fingerprint density at radius 2 is 1.81 bits per heavy atom. The number of aryl methyl sites for hydroxylation is 1. The van der Waals surface area contributed by atoms with E-state index in [4.69, 9.17) is 14.5 Å².